The first-order chi connectivity index (χ1) is 4.16. The fourth-order valence-corrected chi connectivity index (χ4v) is 0.533. The Kier molecular flexibility index (Phi) is 4.72. The van der Waals surface area contributed by atoms with Gasteiger partial charge in [0.05, 0.1) is 5.88 Å². The Bertz CT molecular complexity index is 122. The molecule has 0 N–H and O–H groups in total. The van der Waals surface area contributed by atoms with Crippen molar-refractivity contribution in [1.29, 1.82) is 0 Å². The third kappa shape index (κ3) is 5.80. The number of Topliss-reactive ketones (excluding diaryl/α,β-unsaturated/α-hetero) is 1. The van der Waals surface area contributed by atoms with Crippen LogP contribution in [0, 0.1) is 0 Å². The minimum absolute atomic E-state index is 0.0375. The summed E-state index contributed by atoms with van der Waals surface area (Å²) in [5.74, 6) is -0.185. The Morgan fingerprint density at radius 1 is 1.22 bits per heavy atom. The number of alkyl halides is 1. The molecule has 4 heteroatoms. The predicted molar refractivity (Wildman–Crippen MR) is 35.8 cm³/mol. The summed E-state index contributed by atoms with van der Waals surface area (Å²) in [5.41, 5.74) is 0. The number of halogens is 2. The molecule has 0 unspecified atom stereocenters. The summed E-state index contributed by atoms with van der Waals surface area (Å²) in [7, 11) is 0. The minimum atomic E-state index is -0.492. The Morgan fingerprint density at radius 2 is 1.78 bits per heavy atom. The molecule has 2 nitrogen and oxygen atoms in total. The van der Waals surface area contributed by atoms with Gasteiger partial charge in [0.2, 0.25) is 5.24 Å². The molecule has 0 bridgehead atoms. The zero-order valence-electron chi connectivity index (χ0n) is 4.69. The van der Waals surface area contributed by atoms with Gasteiger partial charge in [0, 0.05) is 12.8 Å². The molecule has 0 aliphatic carbocycles. The lowest BCUT2D eigenvalue weighted by molar-refractivity contribution is -0.119. The lowest BCUT2D eigenvalue weighted by atomic mass is 10.2. The number of rotatable bonds is 4. The zero-order chi connectivity index (χ0) is 7.28. The van der Waals surface area contributed by atoms with E-state index in [9.17, 15) is 9.59 Å². The second-order valence-corrected chi connectivity index (χ2v) is 2.22. The average Bonchev–Trinajstić information content (AvgIpc) is 1.83. The van der Waals surface area contributed by atoms with E-state index in [1.807, 2.05) is 0 Å². The molecule has 0 aromatic heterocycles. The number of hydrogen-bond donors (Lipinski definition) is 0. The summed E-state index contributed by atoms with van der Waals surface area (Å²) in [5, 5.41) is -0.492. The lowest BCUT2D eigenvalue weighted by Gasteiger charge is -1.88. The summed E-state index contributed by atoms with van der Waals surface area (Å²) >= 11 is 10.1. The van der Waals surface area contributed by atoms with Crippen molar-refractivity contribution in [2.45, 2.75) is 12.8 Å². The monoisotopic (exact) mass is 168 g/mol. The molecule has 0 heterocycles. The normalized spacial score (nSPS) is 9.11. The van der Waals surface area contributed by atoms with Crippen molar-refractivity contribution in [3.8, 4) is 0 Å². The first kappa shape index (κ1) is 8.92. The fraction of sp³-hybridized carbons (Fsp3) is 0.600. The maximum absolute atomic E-state index is 10.4. The van der Waals surface area contributed by atoms with Crippen LogP contribution in [0.5, 0.6) is 0 Å². The largest absolute Gasteiger partial charge is 0.298 e. The second kappa shape index (κ2) is 4.77. The maximum atomic E-state index is 10.4. The average molecular weight is 169 g/mol. The summed E-state index contributed by atoms with van der Waals surface area (Å²) in [6.07, 6.45) is 0.249. The van der Waals surface area contributed by atoms with Gasteiger partial charge >= 0.3 is 0 Å². The van der Waals surface area contributed by atoms with Gasteiger partial charge < -0.3 is 0 Å². The van der Waals surface area contributed by atoms with E-state index in [0.29, 0.717) is 0 Å². The summed E-state index contributed by atoms with van der Waals surface area (Å²) in [6, 6.07) is 0. The molecule has 0 aliphatic heterocycles. The van der Waals surface area contributed by atoms with Crippen molar-refractivity contribution < 1.29 is 9.59 Å². The van der Waals surface area contributed by atoms with E-state index in [-0.39, 0.29) is 24.5 Å². The van der Waals surface area contributed by atoms with Crippen LogP contribution >= 0.6 is 23.2 Å². The van der Waals surface area contributed by atoms with Crippen molar-refractivity contribution >= 4 is 34.2 Å². The quantitative estimate of drug-likeness (QED) is 0.470. The van der Waals surface area contributed by atoms with E-state index in [2.05, 4.69) is 0 Å². The molecule has 0 saturated heterocycles. The topological polar surface area (TPSA) is 34.1 Å². The molecule has 0 aliphatic rings. The van der Waals surface area contributed by atoms with E-state index in [1.165, 1.54) is 0 Å². The smallest absolute Gasteiger partial charge is 0.222 e. The molecule has 0 atom stereocenters. The third-order valence-corrected chi connectivity index (χ3v) is 1.24. The Labute approximate surface area is 63.1 Å². The van der Waals surface area contributed by atoms with E-state index in [1.54, 1.807) is 0 Å². The number of carbonyl (C=O) groups is 2. The molecular formula is C5H6Cl2O2. The summed E-state index contributed by atoms with van der Waals surface area (Å²) in [4.78, 5) is 20.4. The SMILES string of the molecule is O=C(Cl)CCC(=O)CCl. The highest BCUT2D eigenvalue weighted by atomic mass is 35.5. The van der Waals surface area contributed by atoms with E-state index < -0.39 is 5.24 Å². The van der Waals surface area contributed by atoms with Crippen LogP contribution in [-0.2, 0) is 9.59 Å². The van der Waals surface area contributed by atoms with Crippen molar-refractivity contribution in [2.24, 2.45) is 0 Å². The second-order valence-electron chi connectivity index (χ2n) is 1.53. The van der Waals surface area contributed by atoms with Crippen LogP contribution in [0.2, 0.25) is 0 Å². The van der Waals surface area contributed by atoms with Crippen LogP contribution in [0.15, 0.2) is 0 Å². The first-order valence-corrected chi connectivity index (χ1v) is 3.34. The highest BCUT2D eigenvalue weighted by molar-refractivity contribution is 6.63. The Morgan fingerprint density at radius 3 is 2.11 bits per heavy atom. The molecule has 0 radical (unpaired) electrons. The molecular weight excluding hydrogens is 163 g/mol. The lowest BCUT2D eigenvalue weighted by Crippen LogP contribution is -2.00. The molecule has 0 fully saturated rings. The van der Waals surface area contributed by atoms with Crippen LogP contribution in [0.4, 0.5) is 0 Å². The fourth-order valence-electron chi connectivity index (χ4n) is 0.305. The molecule has 9 heavy (non-hydrogen) atoms. The Balaban J connectivity index is 3.28. The molecule has 0 aromatic rings. The van der Waals surface area contributed by atoms with Crippen molar-refractivity contribution in [2.75, 3.05) is 5.88 Å². The number of hydrogen-bond acceptors (Lipinski definition) is 2. The van der Waals surface area contributed by atoms with Crippen LogP contribution in [0.25, 0.3) is 0 Å². The highest BCUT2D eigenvalue weighted by Crippen LogP contribution is 1.96. The van der Waals surface area contributed by atoms with E-state index >= 15 is 0 Å². The number of carbonyl (C=O) groups excluding carboxylic acids is 2. The molecule has 0 saturated carbocycles. The molecule has 0 amide bonds. The third-order valence-electron chi connectivity index (χ3n) is 0.749. The summed E-state index contributed by atoms with van der Waals surface area (Å²) < 4.78 is 0. The molecule has 52 valence electrons. The van der Waals surface area contributed by atoms with Crippen LogP contribution in [-0.4, -0.2) is 16.9 Å². The zero-order valence-corrected chi connectivity index (χ0v) is 6.21. The van der Waals surface area contributed by atoms with Gasteiger partial charge in [-0.3, -0.25) is 9.59 Å². The van der Waals surface area contributed by atoms with Gasteiger partial charge in [-0.2, -0.15) is 0 Å². The van der Waals surface area contributed by atoms with E-state index in [0.717, 1.165) is 0 Å². The Hall–Kier alpha value is -0.0800. The van der Waals surface area contributed by atoms with Gasteiger partial charge in [-0.25, -0.2) is 0 Å². The van der Waals surface area contributed by atoms with Crippen LogP contribution < -0.4 is 0 Å². The van der Waals surface area contributed by atoms with Gasteiger partial charge in [0.15, 0.2) is 0 Å². The molecule has 0 aromatic carbocycles. The standard InChI is InChI=1S/C5H6Cl2O2/c6-3-4(8)1-2-5(7)9/h1-3H2. The molecule has 0 spiro atoms. The van der Waals surface area contributed by atoms with Gasteiger partial charge in [-0.15, -0.1) is 11.6 Å². The minimum Gasteiger partial charge on any atom is -0.298 e. The van der Waals surface area contributed by atoms with Gasteiger partial charge in [0.1, 0.15) is 5.78 Å². The van der Waals surface area contributed by atoms with Crippen molar-refractivity contribution in [1.82, 2.24) is 0 Å². The van der Waals surface area contributed by atoms with Crippen LogP contribution in [0.3, 0.4) is 0 Å². The number of ketones is 1. The van der Waals surface area contributed by atoms with Gasteiger partial charge in [0.25, 0.3) is 0 Å². The predicted octanol–water partition coefficient (Wildman–Crippen LogP) is 1.34. The van der Waals surface area contributed by atoms with Gasteiger partial charge in [-0.1, -0.05) is 0 Å². The molecule has 0 rings (SSSR count). The maximum Gasteiger partial charge on any atom is 0.222 e. The van der Waals surface area contributed by atoms with Crippen molar-refractivity contribution in [3.05, 3.63) is 0 Å². The van der Waals surface area contributed by atoms with Crippen molar-refractivity contribution in [3.63, 3.8) is 0 Å². The van der Waals surface area contributed by atoms with Gasteiger partial charge in [-0.05, 0) is 11.6 Å². The first-order valence-electron chi connectivity index (χ1n) is 2.43. The highest BCUT2D eigenvalue weighted by Gasteiger charge is 2.01. The van der Waals surface area contributed by atoms with Crippen LogP contribution in [0.1, 0.15) is 12.8 Å². The van der Waals surface area contributed by atoms with E-state index in [4.69, 9.17) is 23.2 Å². The summed E-state index contributed by atoms with van der Waals surface area (Å²) in [6.45, 7) is 0.